The van der Waals surface area contributed by atoms with E-state index in [1.54, 1.807) is 13.2 Å². The maximum Gasteiger partial charge on any atom is 0.180 e. The Balaban J connectivity index is 1.82. The molecule has 116 valence electrons. The normalized spacial score (nSPS) is 10.7. The highest BCUT2D eigenvalue weighted by Gasteiger charge is 2.11. The molecule has 0 saturated heterocycles. The number of benzene rings is 1. The Bertz CT molecular complexity index is 846. The van der Waals surface area contributed by atoms with Gasteiger partial charge in [0.15, 0.2) is 5.65 Å². The fourth-order valence-corrected chi connectivity index (χ4v) is 2.47. The van der Waals surface area contributed by atoms with Crippen LogP contribution in [0.3, 0.4) is 0 Å². The van der Waals surface area contributed by atoms with E-state index in [-0.39, 0.29) is 5.78 Å². The summed E-state index contributed by atoms with van der Waals surface area (Å²) in [5.41, 5.74) is 4.06. The van der Waals surface area contributed by atoms with Gasteiger partial charge >= 0.3 is 0 Å². The van der Waals surface area contributed by atoms with E-state index in [0.29, 0.717) is 29.8 Å². The van der Waals surface area contributed by atoms with Crippen molar-refractivity contribution in [2.75, 3.05) is 12.4 Å². The number of carbonyl (C=O) groups excluding carboxylic acids is 1. The van der Waals surface area contributed by atoms with Crippen molar-refractivity contribution in [1.29, 1.82) is 0 Å². The lowest BCUT2D eigenvalue weighted by Crippen LogP contribution is -2.09. The Morgan fingerprint density at radius 3 is 2.65 bits per heavy atom. The van der Waals surface area contributed by atoms with Crippen LogP contribution in [0.1, 0.15) is 16.8 Å². The Morgan fingerprint density at radius 2 is 1.91 bits per heavy atom. The average molecular weight is 306 g/mol. The molecule has 2 heterocycles. The van der Waals surface area contributed by atoms with Gasteiger partial charge in [0.2, 0.25) is 0 Å². The van der Waals surface area contributed by atoms with Crippen molar-refractivity contribution in [3.63, 3.8) is 0 Å². The highest BCUT2D eigenvalue weighted by Crippen LogP contribution is 2.16. The molecule has 0 fully saturated rings. The first-order valence-corrected chi connectivity index (χ1v) is 7.52. The fourth-order valence-electron chi connectivity index (χ4n) is 2.47. The highest BCUT2D eigenvalue weighted by molar-refractivity contribution is 5.84. The summed E-state index contributed by atoms with van der Waals surface area (Å²) in [6.07, 6.45) is 2.46. The lowest BCUT2D eigenvalue weighted by Gasteiger charge is -2.07. The predicted molar refractivity (Wildman–Crippen MR) is 90.5 cm³/mol. The van der Waals surface area contributed by atoms with Crippen LogP contribution in [0.5, 0.6) is 0 Å². The van der Waals surface area contributed by atoms with Crippen LogP contribution < -0.4 is 5.32 Å². The molecule has 1 N–H and O–H groups in total. The average Bonchev–Trinajstić information content (AvgIpc) is 2.56. The lowest BCUT2D eigenvalue weighted by atomic mass is 10.0. The Labute approximate surface area is 134 Å². The van der Waals surface area contributed by atoms with Gasteiger partial charge in [0, 0.05) is 25.6 Å². The topological polar surface area (TPSA) is 67.8 Å². The van der Waals surface area contributed by atoms with Crippen LogP contribution in [-0.2, 0) is 17.6 Å². The molecule has 0 aliphatic heterocycles. The third-order valence-electron chi connectivity index (χ3n) is 3.72. The maximum atomic E-state index is 12.3. The standard InChI is InChI=1S/C18H18N4O/c1-12-14(9-15(23)8-13-6-4-3-5-7-13)10-16-18(21-12)22-17(19-2)11-20-16/h3-7,10-11H,8-9H2,1-2H3,(H,19,21,22). The van der Waals surface area contributed by atoms with Crippen LogP contribution in [0.25, 0.3) is 11.2 Å². The van der Waals surface area contributed by atoms with Crippen molar-refractivity contribution in [3.8, 4) is 0 Å². The summed E-state index contributed by atoms with van der Waals surface area (Å²) in [5, 5.41) is 2.94. The summed E-state index contributed by atoms with van der Waals surface area (Å²) in [6, 6.07) is 11.7. The number of aryl methyl sites for hydroxylation is 1. The third-order valence-corrected chi connectivity index (χ3v) is 3.72. The maximum absolute atomic E-state index is 12.3. The van der Waals surface area contributed by atoms with Crippen molar-refractivity contribution in [2.24, 2.45) is 0 Å². The van der Waals surface area contributed by atoms with Crippen molar-refractivity contribution in [1.82, 2.24) is 15.0 Å². The van der Waals surface area contributed by atoms with E-state index < -0.39 is 0 Å². The van der Waals surface area contributed by atoms with E-state index in [1.807, 2.05) is 43.3 Å². The van der Waals surface area contributed by atoms with Crippen LogP contribution >= 0.6 is 0 Å². The van der Waals surface area contributed by atoms with Gasteiger partial charge in [0.25, 0.3) is 0 Å². The number of rotatable bonds is 5. The zero-order valence-electron chi connectivity index (χ0n) is 13.2. The number of hydrogen-bond acceptors (Lipinski definition) is 5. The number of carbonyl (C=O) groups is 1. The number of nitrogens with zero attached hydrogens (tertiary/aromatic N) is 3. The van der Waals surface area contributed by atoms with E-state index in [9.17, 15) is 4.79 Å². The minimum absolute atomic E-state index is 0.167. The van der Waals surface area contributed by atoms with Crippen molar-refractivity contribution >= 4 is 22.8 Å². The molecule has 5 heteroatoms. The van der Waals surface area contributed by atoms with Gasteiger partial charge in [0.1, 0.15) is 17.1 Å². The van der Waals surface area contributed by atoms with Gasteiger partial charge in [-0.2, -0.15) is 0 Å². The molecule has 3 aromatic rings. The number of fused-ring (bicyclic) bond motifs is 1. The lowest BCUT2D eigenvalue weighted by molar-refractivity contribution is -0.117. The second-order valence-corrected chi connectivity index (χ2v) is 5.46. The second-order valence-electron chi connectivity index (χ2n) is 5.46. The molecule has 0 unspecified atom stereocenters. The number of ketones is 1. The van der Waals surface area contributed by atoms with Gasteiger partial charge in [-0.25, -0.2) is 15.0 Å². The van der Waals surface area contributed by atoms with Gasteiger partial charge in [-0.15, -0.1) is 0 Å². The largest absolute Gasteiger partial charge is 0.372 e. The van der Waals surface area contributed by atoms with Crippen LogP contribution in [-0.4, -0.2) is 27.8 Å². The molecule has 5 nitrogen and oxygen atoms in total. The molecular formula is C18H18N4O. The number of nitrogens with one attached hydrogen (secondary N) is 1. The molecule has 23 heavy (non-hydrogen) atoms. The molecule has 0 aliphatic carbocycles. The molecule has 0 spiro atoms. The van der Waals surface area contributed by atoms with Gasteiger partial charge in [-0.3, -0.25) is 4.79 Å². The summed E-state index contributed by atoms with van der Waals surface area (Å²) in [6.45, 7) is 1.90. The van der Waals surface area contributed by atoms with Gasteiger partial charge in [-0.05, 0) is 24.1 Å². The van der Waals surface area contributed by atoms with Crippen LogP contribution in [0.15, 0.2) is 42.6 Å². The molecule has 0 radical (unpaired) electrons. The molecule has 0 saturated carbocycles. The third kappa shape index (κ3) is 3.51. The molecule has 1 aromatic carbocycles. The second kappa shape index (κ2) is 6.52. The number of anilines is 1. The zero-order valence-corrected chi connectivity index (χ0v) is 13.2. The first-order chi connectivity index (χ1) is 11.2. The van der Waals surface area contributed by atoms with Crippen LogP contribution in [0.2, 0.25) is 0 Å². The Kier molecular flexibility index (Phi) is 4.28. The van der Waals surface area contributed by atoms with E-state index in [0.717, 1.165) is 16.8 Å². The molecule has 0 amide bonds. The number of Topliss-reactive ketones (excluding diaryl/α,β-unsaturated/α-hetero) is 1. The molecule has 0 aliphatic rings. The molecule has 3 rings (SSSR count). The quantitative estimate of drug-likeness (QED) is 0.785. The summed E-state index contributed by atoms with van der Waals surface area (Å²) < 4.78 is 0. The van der Waals surface area contributed by atoms with E-state index >= 15 is 0 Å². The summed E-state index contributed by atoms with van der Waals surface area (Å²) in [4.78, 5) is 25.5. The Morgan fingerprint density at radius 1 is 1.13 bits per heavy atom. The SMILES string of the molecule is CNc1cnc2cc(CC(=O)Cc3ccccc3)c(C)nc2n1. The van der Waals surface area contributed by atoms with E-state index in [4.69, 9.17) is 0 Å². The van der Waals surface area contributed by atoms with Gasteiger partial charge in [-0.1, -0.05) is 30.3 Å². The van der Waals surface area contributed by atoms with Crippen LogP contribution in [0.4, 0.5) is 5.82 Å². The van der Waals surface area contributed by atoms with Crippen molar-refractivity contribution < 1.29 is 4.79 Å². The summed E-state index contributed by atoms with van der Waals surface area (Å²) in [5.74, 6) is 0.845. The van der Waals surface area contributed by atoms with Gasteiger partial charge < -0.3 is 5.32 Å². The van der Waals surface area contributed by atoms with E-state index in [1.165, 1.54) is 0 Å². The first kappa shape index (κ1) is 15.1. The molecule has 0 atom stereocenters. The molecule has 0 bridgehead atoms. The minimum atomic E-state index is 0.167. The fraction of sp³-hybridized carbons (Fsp3) is 0.222. The number of pyridine rings is 1. The minimum Gasteiger partial charge on any atom is -0.372 e. The smallest absolute Gasteiger partial charge is 0.180 e. The van der Waals surface area contributed by atoms with Crippen molar-refractivity contribution in [2.45, 2.75) is 19.8 Å². The first-order valence-electron chi connectivity index (χ1n) is 7.52. The summed E-state index contributed by atoms with van der Waals surface area (Å²) >= 11 is 0. The van der Waals surface area contributed by atoms with E-state index in [2.05, 4.69) is 20.3 Å². The number of aromatic nitrogens is 3. The predicted octanol–water partition coefficient (Wildman–Crippen LogP) is 2.73. The number of hydrogen-bond donors (Lipinski definition) is 1. The van der Waals surface area contributed by atoms with Crippen LogP contribution in [0, 0.1) is 6.92 Å². The molecular weight excluding hydrogens is 288 g/mol. The monoisotopic (exact) mass is 306 g/mol. The van der Waals surface area contributed by atoms with Gasteiger partial charge in [0.05, 0.1) is 6.20 Å². The zero-order chi connectivity index (χ0) is 16.2. The van der Waals surface area contributed by atoms with Crippen molar-refractivity contribution in [3.05, 3.63) is 59.4 Å². The Hall–Kier alpha value is -2.82. The summed E-state index contributed by atoms with van der Waals surface area (Å²) in [7, 11) is 1.79. The molecule has 2 aromatic heterocycles. The highest BCUT2D eigenvalue weighted by atomic mass is 16.1.